The minimum Gasteiger partial charge on any atom is -0.472 e. The summed E-state index contributed by atoms with van der Waals surface area (Å²) in [5.41, 5.74) is 6.13. The standard InChI is InChI=1S/C30H29F3N6O2S/c1-15-10-17(12-36-15)41-28-20-5-4-19(18-6-7-21(32)26-22(18)25(35-2)27(34)42-26)23(33)24(20)37-29(38-28)40-14-30-8-3-9-39(30)13-16(31)11-30/h4-7,15-17,36H,3,8-14,34H2,1H3. The van der Waals surface area contributed by atoms with Crippen LogP contribution in [-0.2, 0) is 0 Å². The first-order valence-corrected chi connectivity index (χ1v) is 14.9. The molecular weight excluding hydrogens is 565 g/mol. The molecule has 42 heavy (non-hydrogen) atoms. The average molecular weight is 595 g/mol. The zero-order chi connectivity index (χ0) is 29.2. The summed E-state index contributed by atoms with van der Waals surface area (Å²) in [6.07, 6.45) is 1.81. The van der Waals surface area contributed by atoms with Gasteiger partial charge in [-0.3, -0.25) is 4.90 Å². The van der Waals surface area contributed by atoms with E-state index in [4.69, 9.17) is 21.8 Å². The van der Waals surface area contributed by atoms with Crippen molar-refractivity contribution in [1.82, 2.24) is 20.2 Å². The number of nitrogens with two attached hydrogens (primary N) is 1. The summed E-state index contributed by atoms with van der Waals surface area (Å²) in [5.74, 6) is -1.01. The van der Waals surface area contributed by atoms with Gasteiger partial charge in [0.1, 0.15) is 30.2 Å². The number of hydrogen-bond donors (Lipinski definition) is 2. The number of ether oxygens (including phenoxy) is 2. The predicted octanol–water partition coefficient (Wildman–Crippen LogP) is 6.01. The van der Waals surface area contributed by atoms with Crippen LogP contribution in [0.25, 0.3) is 37.0 Å². The van der Waals surface area contributed by atoms with Gasteiger partial charge in [0.2, 0.25) is 11.6 Å². The number of nitrogens with one attached hydrogen (secondary N) is 1. The number of hydrogen-bond acceptors (Lipinski definition) is 8. The van der Waals surface area contributed by atoms with Crippen LogP contribution in [0.15, 0.2) is 24.3 Å². The van der Waals surface area contributed by atoms with Gasteiger partial charge in [-0.25, -0.2) is 18.0 Å². The number of nitrogen functional groups attached to an aromatic ring is 1. The Kier molecular flexibility index (Phi) is 6.64. The molecule has 218 valence electrons. The van der Waals surface area contributed by atoms with E-state index in [0.717, 1.165) is 37.1 Å². The Bertz CT molecular complexity index is 1760. The first-order chi connectivity index (χ1) is 20.3. The number of thiophene rings is 1. The van der Waals surface area contributed by atoms with Crippen LogP contribution < -0.4 is 20.5 Å². The van der Waals surface area contributed by atoms with E-state index in [1.54, 1.807) is 12.1 Å². The molecule has 2 aromatic heterocycles. The van der Waals surface area contributed by atoms with Crippen LogP contribution >= 0.6 is 11.3 Å². The van der Waals surface area contributed by atoms with Crippen LogP contribution in [0.2, 0.25) is 0 Å². The molecule has 0 spiro atoms. The summed E-state index contributed by atoms with van der Waals surface area (Å²) in [5, 5.41) is 4.14. The molecule has 3 aliphatic heterocycles. The fraction of sp³-hybridized carbons (Fsp3) is 0.433. The van der Waals surface area contributed by atoms with Crippen LogP contribution in [0.4, 0.5) is 23.9 Å². The molecule has 4 atom stereocenters. The van der Waals surface area contributed by atoms with E-state index in [9.17, 15) is 8.78 Å². The maximum Gasteiger partial charge on any atom is 0.320 e. The topological polar surface area (TPSA) is 89.9 Å². The van der Waals surface area contributed by atoms with E-state index in [0.29, 0.717) is 30.5 Å². The number of anilines is 1. The van der Waals surface area contributed by atoms with Gasteiger partial charge in [-0.1, -0.05) is 12.1 Å². The summed E-state index contributed by atoms with van der Waals surface area (Å²) in [6, 6.07) is 6.14. The molecule has 5 heterocycles. The van der Waals surface area contributed by atoms with E-state index in [1.807, 2.05) is 0 Å². The fourth-order valence-electron chi connectivity index (χ4n) is 6.77. The number of alkyl halides is 1. The molecule has 8 nitrogen and oxygen atoms in total. The van der Waals surface area contributed by atoms with Crippen LogP contribution in [0, 0.1) is 18.2 Å². The number of aromatic nitrogens is 2. The zero-order valence-corrected chi connectivity index (χ0v) is 23.7. The highest BCUT2D eigenvalue weighted by Gasteiger charge is 2.49. The molecule has 0 amide bonds. The molecule has 4 unspecified atom stereocenters. The minimum atomic E-state index is -0.916. The van der Waals surface area contributed by atoms with Crippen molar-refractivity contribution in [2.75, 3.05) is 32.0 Å². The lowest BCUT2D eigenvalue weighted by atomic mass is 9.95. The molecule has 3 fully saturated rings. The first-order valence-electron chi connectivity index (χ1n) is 14.1. The Morgan fingerprint density at radius 2 is 2.07 bits per heavy atom. The van der Waals surface area contributed by atoms with E-state index < -0.39 is 23.3 Å². The third-order valence-corrected chi connectivity index (χ3v) is 9.78. The second kappa shape index (κ2) is 10.3. The van der Waals surface area contributed by atoms with Crippen LogP contribution in [-0.4, -0.2) is 65.0 Å². The van der Waals surface area contributed by atoms with Gasteiger partial charge in [-0.05, 0) is 44.0 Å². The second-order valence-corrected chi connectivity index (χ2v) is 12.6. The number of halogens is 3. The van der Waals surface area contributed by atoms with Gasteiger partial charge in [0.05, 0.1) is 27.2 Å². The number of fused-ring (bicyclic) bond motifs is 3. The first kappa shape index (κ1) is 27.2. The fourth-order valence-corrected chi connectivity index (χ4v) is 7.71. The molecule has 0 radical (unpaired) electrons. The van der Waals surface area contributed by atoms with Crippen LogP contribution in [0.3, 0.4) is 0 Å². The maximum atomic E-state index is 16.5. The Morgan fingerprint density at radius 3 is 2.86 bits per heavy atom. The largest absolute Gasteiger partial charge is 0.472 e. The van der Waals surface area contributed by atoms with Crippen LogP contribution in [0.5, 0.6) is 11.9 Å². The van der Waals surface area contributed by atoms with E-state index in [2.05, 4.69) is 32.0 Å². The van der Waals surface area contributed by atoms with Gasteiger partial charge >= 0.3 is 6.01 Å². The number of rotatable bonds is 6. The van der Waals surface area contributed by atoms with Crippen molar-refractivity contribution in [3.63, 3.8) is 0 Å². The van der Waals surface area contributed by atoms with E-state index >= 15 is 4.39 Å². The Labute approximate surface area is 244 Å². The highest BCUT2D eigenvalue weighted by atomic mass is 32.1. The summed E-state index contributed by atoms with van der Waals surface area (Å²) in [4.78, 5) is 14.7. The minimum absolute atomic E-state index is 0.0212. The van der Waals surface area contributed by atoms with Crippen molar-refractivity contribution in [1.29, 1.82) is 0 Å². The van der Waals surface area contributed by atoms with Crippen molar-refractivity contribution < 1.29 is 22.6 Å². The quantitative estimate of drug-likeness (QED) is 0.265. The molecule has 0 saturated carbocycles. The van der Waals surface area contributed by atoms with Crippen molar-refractivity contribution in [3.05, 3.63) is 47.3 Å². The third-order valence-electron chi connectivity index (χ3n) is 8.76. The Balaban J connectivity index is 1.34. The summed E-state index contributed by atoms with van der Waals surface area (Å²) < 4.78 is 58.1. The third kappa shape index (κ3) is 4.42. The number of benzene rings is 2. The summed E-state index contributed by atoms with van der Waals surface area (Å²) in [6.45, 7) is 11.7. The van der Waals surface area contributed by atoms with Gasteiger partial charge in [-0.2, -0.15) is 9.97 Å². The molecule has 2 aromatic carbocycles. The molecule has 3 saturated heterocycles. The van der Waals surface area contributed by atoms with E-state index in [-0.39, 0.29) is 62.5 Å². The lowest BCUT2D eigenvalue weighted by Gasteiger charge is -2.30. The highest BCUT2D eigenvalue weighted by molar-refractivity contribution is 7.23. The SMILES string of the molecule is [C-]#[N+]c1c(N)sc2c(F)ccc(-c3ccc4c(OC5CNC(C)C5)nc(OCC56CCCN5CC(F)C6)nc4c3F)c12. The zero-order valence-electron chi connectivity index (χ0n) is 22.9. The summed E-state index contributed by atoms with van der Waals surface area (Å²) in [7, 11) is 0. The molecule has 3 N–H and O–H groups in total. The van der Waals surface area contributed by atoms with Crippen LogP contribution in [0.1, 0.15) is 32.6 Å². The lowest BCUT2D eigenvalue weighted by molar-refractivity contribution is 0.106. The van der Waals surface area contributed by atoms with Gasteiger partial charge < -0.3 is 20.5 Å². The molecule has 3 aliphatic rings. The number of nitrogens with zero attached hydrogens (tertiary/aromatic N) is 4. The molecule has 0 aliphatic carbocycles. The lowest BCUT2D eigenvalue weighted by Crippen LogP contribution is -2.43. The maximum absolute atomic E-state index is 16.5. The summed E-state index contributed by atoms with van der Waals surface area (Å²) >= 11 is 0.961. The monoisotopic (exact) mass is 594 g/mol. The van der Waals surface area contributed by atoms with Gasteiger partial charge in [0, 0.05) is 42.9 Å². The van der Waals surface area contributed by atoms with Gasteiger partial charge in [-0.15, -0.1) is 11.3 Å². The van der Waals surface area contributed by atoms with Gasteiger partial charge in [0.15, 0.2) is 5.82 Å². The molecule has 12 heteroatoms. The van der Waals surface area contributed by atoms with Crippen molar-refractivity contribution in [3.8, 4) is 23.0 Å². The van der Waals surface area contributed by atoms with Gasteiger partial charge in [0.25, 0.3) is 0 Å². The molecular formula is C30H29F3N6O2S. The van der Waals surface area contributed by atoms with Crippen molar-refractivity contribution in [2.24, 2.45) is 0 Å². The molecule has 7 rings (SSSR count). The average Bonchev–Trinajstić information content (AvgIpc) is 3.71. The molecule has 4 aromatic rings. The smallest absolute Gasteiger partial charge is 0.320 e. The second-order valence-electron chi connectivity index (χ2n) is 11.5. The Morgan fingerprint density at radius 1 is 1.24 bits per heavy atom. The van der Waals surface area contributed by atoms with Crippen molar-refractivity contribution in [2.45, 2.75) is 56.5 Å². The van der Waals surface area contributed by atoms with Crippen molar-refractivity contribution >= 4 is 43.0 Å². The van der Waals surface area contributed by atoms with E-state index in [1.165, 1.54) is 12.1 Å². The Hall–Kier alpha value is -3.66. The predicted molar refractivity (Wildman–Crippen MR) is 156 cm³/mol. The molecule has 0 bridgehead atoms. The normalized spacial score (nSPS) is 25.7. The highest BCUT2D eigenvalue weighted by Crippen LogP contribution is 2.47.